The van der Waals surface area contributed by atoms with Gasteiger partial charge in [0.25, 0.3) is 5.56 Å². The minimum Gasteiger partial charge on any atom is -0.296 e. The molecule has 3 aromatic rings. The van der Waals surface area contributed by atoms with Crippen molar-refractivity contribution in [3.63, 3.8) is 0 Å². The van der Waals surface area contributed by atoms with Crippen LogP contribution >= 0.6 is 11.6 Å². The van der Waals surface area contributed by atoms with E-state index in [2.05, 4.69) is 11.9 Å². The van der Waals surface area contributed by atoms with Crippen LogP contribution in [0.2, 0.25) is 5.02 Å². The van der Waals surface area contributed by atoms with Crippen molar-refractivity contribution in [2.45, 2.75) is 43.5 Å². The first-order valence-electron chi connectivity index (χ1n) is 10.2. The fraction of sp³-hybridized carbons (Fsp3) is 0.364. The van der Waals surface area contributed by atoms with Crippen LogP contribution in [0, 0.1) is 0 Å². The second kappa shape index (κ2) is 8.49. The number of halogens is 1. The third-order valence-corrected chi connectivity index (χ3v) is 7.81. The van der Waals surface area contributed by atoms with Crippen LogP contribution in [0.15, 0.2) is 58.5 Å². The first-order valence-corrected chi connectivity index (χ1v) is 12.0. The largest absolute Gasteiger partial charge is 0.296 e. The molecule has 0 bridgehead atoms. The smallest absolute Gasteiger partial charge is 0.261 e. The van der Waals surface area contributed by atoms with Crippen LogP contribution in [-0.2, 0) is 16.4 Å². The van der Waals surface area contributed by atoms with Gasteiger partial charge in [0.15, 0.2) is 0 Å². The summed E-state index contributed by atoms with van der Waals surface area (Å²) in [5.41, 5.74) is 1.58. The Morgan fingerprint density at radius 2 is 1.80 bits per heavy atom. The van der Waals surface area contributed by atoms with Crippen LogP contribution in [0.4, 0.5) is 0 Å². The van der Waals surface area contributed by atoms with Gasteiger partial charge in [-0.2, -0.15) is 4.31 Å². The van der Waals surface area contributed by atoms with Crippen LogP contribution < -0.4 is 5.56 Å². The Labute approximate surface area is 181 Å². The molecule has 0 N–H and O–H groups in total. The maximum Gasteiger partial charge on any atom is 0.261 e. The molecule has 158 valence electrons. The molecule has 1 aliphatic heterocycles. The molecule has 0 radical (unpaired) electrons. The molecule has 1 saturated heterocycles. The lowest BCUT2D eigenvalue weighted by Gasteiger charge is -2.32. The number of hydrogen-bond donors (Lipinski definition) is 0. The van der Waals surface area contributed by atoms with E-state index < -0.39 is 10.0 Å². The van der Waals surface area contributed by atoms with Crippen LogP contribution in [0.5, 0.6) is 0 Å². The summed E-state index contributed by atoms with van der Waals surface area (Å²) in [7, 11) is -3.53. The summed E-state index contributed by atoms with van der Waals surface area (Å²) in [6.07, 6.45) is 4.63. The number of hydrogen-bond acceptors (Lipinski definition) is 4. The fourth-order valence-electron chi connectivity index (χ4n) is 4.00. The van der Waals surface area contributed by atoms with Crippen molar-refractivity contribution in [2.24, 2.45) is 0 Å². The number of aromatic nitrogens is 2. The molecule has 2 heterocycles. The van der Waals surface area contributed by atoms with Crippen LogP contribution in [0.1, 0.15) is 37.8 Å². The van der Waals surface area contributed by atoms with E-state index in [0.29, 0.717) is 46.8 Å². The van der Waals surface area contributed by atoms with Crippen molar-refractivity contribution in [3.05, 3.63) is 69.7 Å². The van der Waals surface area contributed by atoms with E-state index in [9.17, 15) is 13.2 Å². The highest BCUT2D eigenvalue weighted by Gasteiger charge is 2.30. The Morgan fingerprint density at radius 3 is 2.47 bits per heavy atom. The van der Waals surface area contributed by atoms with Gasteiger partial charge in [-0.15, -0.1) is 0 Å². The maximum absolute atomic E-state index is 13.0. The van der Waals surface area contributed by atoms with Gasteiger partial charge in [-0.3, -0.25) is 9.36 Å². The summed E-state index contributed by atoms with van der Waals surface area (Å²) in [6, 6.07) is 12.1. The van der Waals surface area contributed by atoms with Gasteiger partial charge >= 0.3 is 0 Å². The first kappa shape index (κ1) is 21.0. The van der Waals surface area contributed by atoms with Crippen molar-refractivity contribution in [2.75, 3.05) is 13.1 Å². The van der Waals surface area contributed by atoms with E-state index in [1.54, 1.807) is 41.2 Å². The highest BCUT2D eigenvalue weighted by molar-refractivity contribution is 7.89. The van der Waals surface area contributed by atoms with Gasteiger partial charge in [-0.1, -0.05) is 37.1 Å². The predicted octanol–water partition coefficient (Wildman–Crippen LogP) is 4.03. The summed E-state index contributed by atoms with van der Waals surface area (Å²) < 4.78 is 29.1. The third-order valence-electron chi connectivity index (χ3n) is 5.66. The first-order chi connectivity index (χ1) is 14.4. The van der Waals surface area contributed by atoms with Gasteiger partial charge in [0.1, 0.15) is 0 Å². The summed E-state index contributed by atoms with van der Waals surface area (Å²) >= 11 is 5.98. The average Bonchev–Trinajstić information content (AvgIpc) is 2.75. The number of benzene rings is 2. The minimum absolute atomic E-state index is 0.0801. The molecule has 8 heteroatoms. The molecule has 0 spiro atoms. The van der Waals surface area contributed by atoms with Crippen molar-refractivity contribution in [1.82, 2.24) is 13.9 Å². The lowest BCUT2D eigenvalue weighted by molar-refractivity contribution is 0.269. The molecule has 0 amide bonds. The van der Waals surface area contributed by atoms with Crippen LogP contribution in [-0.4, -0.2) is 35.4 Å². The summed E-state index contributed by atoms with van der Waals surface area (Å²) in [5, 5.41) is 1.05. The fourth-order valence-corrected chi connectivity index (χ4v) is 5.63. The molecule has 1 aromatic heterocycles. The Hall–Kier alpha value is -2.22. The Balaban J connectivity index is 1.51. The lowest BCUT2D eigenvalue weighted by atomic mass is 10.1. The molecular formula is C22H24ClN3O3S. The normalized spacial score (nSPS) is 16.2. The number of fused-ring (bicyclic) bond motifs is 1. The maximum atomic E-state index is 13.0. The molecule has 1 fully saturated rings. The number of sulfonamides is 1. The van der Waals surface area contributed by atoms with Crippen molar-refractivity contribution >= 4 is 32.5 Å². The van der Waals surface area contributed by atoms with Crippen molar-refractivity contribution in [3.8, 4) is 0 Å². The van der Waals surface area contributed by atoms with Gasteiger partial charge in [0, 0.05) is 24.2 Å². The SMILES string of the molecule is CCCc1ccc(S(=O)(=O)N2CCC(n3cnc4cc(Cl)ccc4c3=O)CC2)cc1. The summed E-state index contributed by atoms with van der Waals surface area (Å²) in [4.78, 5) is 17.6. The van der Waals surface area contributed by atoms with E-state index in [1.165, 1.54) is 4.31 Å². The predicted molar refractivity (Wildman–Crippen MR) is 118 cm³/mol. The number of nitrogens with zero attached hydrogens (tertiary/aromatic N) is 3. The molecule has 2 aromatic carbocycles. The monoisotopic (exact) mass is 445 g/mol. The molecule has 0 unspecified atom stereocenters. The molecule has 0 atom stereocenters. The van der Waals surface area contributed by atoms with E-state index in [0.717, 1.165) is 18.4 Å². The van der Waals surface area contributed by atoms with Crippen molar-refractivity contribution in [1.29, 1.82) is 0 Å². The molecule has 0 saturated carbocycles. The van der Waals surface area contributed by atoms with E-state index in [4.69, 9.17) is 11.6 Å². The second-order valence-corrected chi connectivity index (χ2v) is 10.0. The molecular weight excluding hydrogens is 422 g/mol. The van der Waals surface area contributed by atoms with Gasteiger partial charge < -0.3 is 0 Å². The topological polar surface area (TPSA) is 72.3 Å². The van der Waals surface area contributed by atoms with E-state index >= 15 is 0 Å². The van der Waals surface area contributed by atoms with E-state index in [1.807, 2.05) is 12.1 Å². The molecule has 0 aliphatic carbocycles. The Morgan fingerprint density at radius 1 is 1.10 bits per heavy atom. The highest BCUT2D eigenvalue weighted by Crippen LogP contribution is 2.27. The van der Waals surface area contributed by atoms with Gasteiger partial charge in [-0.25, -0.2) is 13.4 Å². The minimum atomic E-state index is -3.53. The summed E-state index contributed by atoms with van der Waals surface area (Å²) in [5.74, 6) is 0. The van der Waals surface area contributed by atoms with Crippen molar-refractivity contribution < 1.29 is 8.42 Å². The number of rotatable bonds is 5. The zero-order chi connectivity index (χ0) is 21.3. The van der Waals surface area contributed by atoms with Gasteiger partial charge in [0.05, 0.1) is 22.1 Å². The number of aryl methyl sites for hydroxylation is 1. The zero-order valence-electron chi connectivity index (χ0n) is 16.8. The highest BCUT2D eigenvalue weighted by atomic mass is 35.5. The zero-order valence-corrected chi connectivity index (χ0v) is 18.4. The molecule has 4 rings (SSSR count). The molecule has 30 heavy (non-hydrogen) atoms. The third kappa shape index (κ3) is 4.02. The van der Waals surface area contributed by atoms with Gasteiger partial charge in [-0.05, 0) is 55.2 Å². The van der Waals surface area contributed by atoms with Gasteiger partial charge in [0.2, 0.25) is 10.0 Å². The molecule has 6 nitrogen and oxygen atoms in total. The van der Waals surface area contributed by atoms with E-state index in [-0.39, 0.29) is 11.6 Å². The van der Waals surface area contributed by atoms with Crippen LogP contribution in [0.25, 0.3) is 10.9 Å². The summed E-state index contributed by atoms with van der Waals surface area (Å²) in [6.45, 7) is 2.84. The Bertz CT molecular complexity index is 1210. The lowest BCUT2D eigenvalue weighted by Crippen LogP contribution is -2.40. The number of piperidine rings is 1. The van der Waals surface area contributed by atoms with Crippen LogP contribution in [0.3, 0.4) is 0 Å². The quantitative estimate of drug-likeness (QED) is 0.594. The average molecular weight is 446 g/mol. The Kier molecular flexibility index (Phi) is 5.95. The standard InChI is InChI=1S/C22H24ClN3O3S/c1-2-3-16-4-7-19(8-5-16)30(28,29)25-12-10-18(11-13-25)26-15-24-21-14-17(23)6-9-20(21)22(26)27/h4-9,14-15,18H,2-3,10-13H2,1H3. The second-order valence-electron chi connectivity index (χ2n) is 7.65. The molecule has 1 aliphatic rings.